The first-order valence-electron chi connectivity index (χ1n) is 9.65. The van der Waals surface area contributed by atoms with Crippen molar-refractivity contribution >= 4 is 10.0 Å². The normalized spacial score (nSPS) is 18.4. The van der Waals surface area contributed by atoms with Gasteiger partial charge < -0.3 is 4.74 Å². The second-order valence-electron chi connectivity index (χ2n) is 7.23. The number of nitrogens with zero attached hydrogens (tertiary/aromatic N) is 2. The lowest BCUT2D eigenvalue weighted by Crippen LogP contribution is -2.35. The lowest BCUT2D eigenvalue weighted by atomic mass is 10.0. The molecule has 2 aromatic rings. The molecule has 2 aromatic carbocycles. The Kier molecular flexibility index (Phi) is 5.48. The zero-order chi connectivity index (χ0) is 18.7. The van der Waals surface area contributed by atoms with Crippen molar-refractivity contribution in [2.75, 3.05) is 32.8 Å². The summed E-state index contributed by atoms with van der Waals surface area (Å²) in [6, 6.07) is 14.9. The van der Waals surface area contributed by atoms with E-state index in [2.05, 4.69) is 11.0 Å². The van der Waals surface area contributed by atoms with Gasteiger partial charge in [-0.1, -0.05) is 24.3 Å². The molecule has 0 saturated carbocycles. The molecule has 0 aliphatic carbocycles. The highest BCUT2D eigenvalue weighted by Gasteiger charge is 2.28. The van der Waals surface area contributed by atoms with Gasteiger partial charge in [-0.3, -0.25) is 4.90 Å². The molecule has 0 spiro atoms. The summed E-state index contributed by atoms with van der Waals surface area (Å²) in [7, 11) is -3.49. The number of ether oxygens (including phenoxy) is 1. The van der Waals surface area contributed by atoms with E-state index in [-0.39, 0.29) is 0 Å². The van der Waals surface area contributed by atoms with Gasteiger partial charge in [-0.05, 0) is 67.7 Å². The van der Waals surface area contributed by atoms with Crippen molar-refractivity contribution in [2.24, 2.45) is 0 Å². The highest BCUT2D eigenvalue weighted by Crippen LogP contribution is 2.26. The van der Waals surface area contributed by atoms with E-state index < -0.39 is 10.0 Å². The lowest BCUT2D eigenvalue weighted by molar-refractivity contribution is 0.237. The van der Waals surface area contributed by atoms with Crippen LogP contribution < -0.4 is 4.74 Å². The van der Waals surface area contributed by atoms with Crippen LogP contribution in [0.5, 0.6) is 5.75 Å². The minimum Gasteiger partial charge on any atom is -0.492 e. The molecule has 1 fully saturated rings. The van der Waals surface area contributed by atoms with Crippen molar-refractivity contribution in [3.63, 3.8) is 0 Å². The van der Waals surface area contributed by atoms with E-state index in [1.54, 1.807) is 28.6 Å². The van der Waals surface area contributed by atoms with Gasteiger partial charge >= 0.3 is 0 Å². The summed E-state index contributed by atoms with van der Waals surface area (Å²) in [5.74, 6) is 0.720. The van der Waals surface area contributed by atoms with Crippen LogP contribution in [0.2, 0.25) is 0 Å². The molecule has 0 atom stereocenters. The van der Waals surface area contributed by atoms with Crippen LogP contribution >= 0.6 is 0 Å². The number of hydrogen-bond donors (Lipinski definition) is 0. The third kappa shape index (κ3) is 4.18. The molecular formula is C21H26N2O3S. The van der Waals surface area contributed by atoms with E-state index in [1.165, 1.54) is 18.4 Å². The zero-order valence-electron chi connectivity index (χ0n) is 15.5. The first-order valence-corrected chi connectivity index (χ1v) is 11.1. The van der Waals surface area contributed by atoms with Crippen LogP contribution in [0.3, 0.4) is 0 Å². The summed E-state index contributed by atoms with van der Waals surface area (Å²) < 4.78 is 33.3. The van der Waals surface area contributed by atoms with Gasteiger partial charge in [0, 0.05) is 19.6 Å². The topological polar surface area (TPSA) is 49.9 Å². The Morgan fingerprint density at radius 2 is 1.59 bits per heavy atom. The number of fused-ring (bicyclic) bond motifs is 1. The Morgan fingerprint density at radius 3 is 2.33 bits per heavy atom. The first-order chi connectivity index (χ1) is 13.1. The van der Waals surface area contributed by atoms with Crippen molar-refractivity contribution in [1.82, 2.24) is 9.21 Å². The number of benzene rings is 2. The van der Waals surface area contributed by atoms with Gasteiger partial charge in [0.1, 0.15) is 12.4 Å². The fourth-order valence-electron chi connectivity index (χ4n) is 3.83. The maximum Gasteiger partial charge on any atom is 0.243 e. The predicted molar refractivity (Wildman–Crippen MR) is 105 cm³/mol. The molecule has 5 nitrogen and oxygen atoms in total. The molecule has 2 aliphatic rings. The summed E-state index contributed by atoms with van der Waals surface area (Å²) in [4.78, 5) is 2.72. The van der Waals surface area contributed by atoms with Gasteiger partial charge in [0.25, 0.3) is 0 Å². The molecule has 6 heteroatoms. The third-order valence-electron chi connectivity index (χ3n) is 5.43. The molecule has 1 saturated heterocycles. The van der Waals surface area contributed by atoms with E-state index in [0.717, 1.165) is 37.4 Å². The van der Waals surface area contributed by atoms with Gasteiger partial charge in [-0.2, -0.15) is 4.31 Å². The van der Waals surface area contributed by atoms with Gasteiger partial charge in [-0.25, -0.2) is 8.42 Å². The molecular weight excluding hydrogens is 360 g/mol. The van der Waals surface area contributed by atoms with Gasteiger partial charge in [0.15, 0.2) is 0 Å². The predicted octanol–water partition coefficient (Wildman–Crippen LogP) is 2.91. The monoisotopic (exact) mass is 386 g/mol. The largest absolute Gasteiger partial charge is 0.492 e. The molecule has 2 aliphatic heterocycles. The summed E-state index contributed by atoms with van der Waals surface area (Å²) >= 11 is 0. The molecule has 2 heterocycles. The lowest BCUT2D eigenvalue weighted by Gasteiger charge is -2.28. The van der Waals surface area contributed by atoms with Crippen LogP contribution in [0.1, 0.15) is 24.0 Å². The molecule has 0 amide bonds. The smallest absolute Gasteiger partial charge is 0.243 e. The Morgan fingerprint density at radius 1 is 0.889 bits per heavy atom. The molecule has 0 N–H and O–H groups in total. The maximum absolute atomic E-state index is 13.0. The second-order valence-corrected chi connectivity index (χ2v) is 9.16. The fraction of sp³-hybridized carbons (Fsp3) is 0.429. The highest BCUT2D eigenvalue weighted by atomic mass is 32.2. The van der Waals surface area contributed by atoms with E-state index in [1.807, 2.05) is 18.2 Å². The average molecular weight is 387 g/mol. The zero-order valence-corrected chi connectivity index (χ0v) is 16.3. The Bertz CT molecular complexity index is 875. The van der Waals surface area contributed by atoms with Crippen LogP contribution in [0.4, 0.5) is 0 Å². The fourth-order valence-corrected chi connectivity index (χ4v) is 5.25. The Balaban J connectivity index is 1.39. The molecule has 0 unspecified atom stereocenters. The highest BCUT2D eigenvalue weighted by molar-refractivity contribution is 7.89. The standard InChI is InChI=1S/C21H26N2O3S/c24-27(25,23-14-11-18-5-1-2-6-19(18)17-23)21-9-7-20(8-10-21)26-16-15-22-12-3-4-13-22/h1-2,5-10H,3-4,11-17H2. The van der Waals surface area contributed by atoms with E-state index in [4.69, 9.17) is 4.74 Å². The minimum absolute atomic E-state index is 0.328. The minimum atomic E-state index is -3.49. The van der Waals surface area contributed by atoms with Gasteiger partial charge in [-0.15, -0.1) is 0 Å². The van der Waals surface area contributed by atoms with Crippen molar-refractivity contribution in [3.05, 3.63) is 59.7 Å². The van der Waals surface area contributed by atoms with Crippen LogP contribution in [0, 0.1) is 0 Å². The number of hydrogen-bond acceptors (Lipinski definition) is 4. The number of likely N-dealkylation sites (tertiary alicyclic amines) is 1. The van der Waals surface area contributed by atoms with E-state index in [9.17, 15) is 8.42 Å². The summed E-state index contributed by atoms with van der Waals surface area (Å²) in [5.41, 5.74) is 2.33. The molecule has 4 rings (SSSR count). The van der Waals surface area contributed by atoms with Crippen molar-refractivity contribution in [3.8, 4) is 5.75 Å². The number of sulfonamides is 1. The molecule has 0 bridgehead atoms. The Hall–Kier alpha value is -1.89. The maximum atomic E-state index is 13.0. The first kappa shape index (κ1) is 18.5. The SMILES string of the molecule is O=S(=O)(c1ccc(OCCN2CCCC2)cc1)N1CCc2ccccc2C1. The summed E-state index contributed by atoms with van der Waals surface area (Å²) in [6.45, 7) is 4.82. The number of rotatable bonds is 6. The van der Waals surface area contributed by atoms with Crippen molar-refractivity contribution in [1.29, 1.82) is 0 Å². The van der Waals surface area contributed by atoms with Gasteiger partial charge in [0.2, 0.25) is 10.0 Å². The van der Waals surface area contributed by atoms with Crippen molar-refractivity contribution in [2.45, 2.75) is 30.7 Å². The average Bonchev–Trinajstić information content (AvgIpc) is 3.21. The van der Waals surface area contributed by atoms with Crippen LogP contribution in [-0.4, -0.2) is 50.4 Å². The molecule has 144 valence electrons. The molecule has 27 heavy (non-hydrogen) atoms. The van der Waals surface area contributed by atoms with Crippen LogP contribution in [0.25, 0.3) is 0 Å². The van der Waals surface area contributed by atoms with E-state index >= 15 is 0 Å². The Labute approximate surface area is 161 Å². The van der Waals surface area contributed by atoms with Gasteiger partial charge in [0.05, 0.1) is 4.90 Å². The summed E-state index contributed by atoms with van der Waals surface area (Å²) in [6.07, 6.45) is 3.30. The van der Waals surface area contributed by atoms with E-state index in [0.29, 0.717) is 24.6 Å². The quantitative estimate of drug-likeness (QED) is 0.766. The molecule has 0 radical (unpaired) electrons. The summed E-state index contributed by atoms with van der Waals surface area (Å²) in [5, 5.41) is 0. The third-order valence-corrected chi connectivity index (χ3v) is 7.29. The van der Waals surface area contributed by atoms with Crippen LogP contribution in [-0.2, 0) is 23.0 Å². The molecule has 0 aromatic heterocycles. The van der Waals surface area contributed by atoms with Crippen molar-refractivity contribution < 1.29 is 13.2 Å². The van der Waals surface area contributed by atoms with Crippen LogP contribution in [0.15, 0.2) is 53.4 Å². The second kappa shape index (κ2) is 8.00.